The van der Waals surface area contributed by atoms with Gasteiger partial charge in [0.2, 0.25) is 0 Å². The highest BCUT2D eigenvalue weighted by Crippen LogP contribution is 2.47. The van der Waals surface area contributed by atoms with Crippen molar-refractivity contribution >= 4 is 0 Å². The molecule has 2 unspecified atom stereocenters. The van der Waals surface area contributed by atoms with Crippen molar-refractivity contribution in [2.24, 2.45) is 11.3 Å². The van der Waals surface area contributed by atoms with Crippen LogP contribution in [0.2, 0.25) is 0 Å². The molecule has 1 aliphatic carbocycles. The zero-order valence-corrected chi connectivity index (χ0v) is 12.0. The summed E-state index contributed by atoms with van der Waals surface area (Å²) in [4.78, 5) is 0. The van der Waals surface area contributed by atoms with Gasteiger partial charge in [-0.05, 0) is 56.9 Å². The SMILES string of the molecule is CCC(C)(C)C(NC)C1CCOC2(CCC2)C1. The molecule has 2 rings (SSSR count). The molecule has 2 aliphatic rings. The van der Waals surface area contributed by atoms with Crippen LogP contribution in [0, 0.1) is 11.3 Å². The molecule has 1 saturated heterocycles. The molecule has 0 aromatic carbocycles. The molecule has 1 spiro atoms. The lowest BCUT2D eigenvalue weighted by Gasteiger charge is -2.51. The third-order valence-corrected chi connectivity index (χ3v) is 5.33. The summed E-state index contributed by atoms with van der Waals surface area (Å²) in [5, 5.41) is 3.59. The van der Waals surface area contributed by atoms with E-state index in [2.05, 4.69) is 33.1 Å². The molecule has 2 nitrogen and oxygen atoms in total. The fourth-order valence-electron chi connectivity index (χ4n) is 3.75. The smallest absolute Gasteiger partial charge is 0.0685 e. The Morgan fingerprint density at radius 2 is 2.12 bits per heavy atom. The number of nitrogens with one attached hydrogen (secondary N) is 1. The minimum absolute atomic E-state index is 0.280. The van der Waals surface area contributed by atoms with Crippen LogP contribution in [0.1, 0.15) is 59.3 Å². The Bertz CT molecular complexity index is 258. The highest BCUT2D eigenvalue weighted by atomic mass is 16.5. The second-order valence-electron chi connectivity index (χ2n) is 6.75. The summed E-state index contributed by atoms with van der Waals surface area (Å²) >= 11 is 0. The molecule has 0 aromatic rings. The monoisotopic (exact) mass is 239 g/mol. The molecule has 1 saturated carbocycles. The number of rotatable bonds is 4. The van der Waals surface area contributed by atoms with Crippen molar-refractivity contribution in [1.82, 2.24) is 5.32 Å². The van der Waals surface area contributed by atoms with Crippen LogP contribution in [0.5, 0.6) is 0 Å². The highest BCUT2D eigenvalue weighted by Gasteiger charge is 2.46. The summed E-state index contributed by atoms with van der Waals surface area (Å²) in [6.45, 7) is 8.08. The first-order valence-corrected chi connectivity index (χ1v) is 7.34. The Hall–Kier alpha value is -0.0800. The zero-order valence-electron chi connectivity index (χ0n) is 12.0. The van der Waals surface area contributed by atoms with Crippen LogP contribution >= 0.6 is 0 Å². The van der Waals surface area contributed by atoms with Gasteiger partial charge in [-0.3, -0.25) is 0 Å². The van der Waals surface area contributed by atoms with E-state index in [9.17, 15) is 0 Å². The molecular formula is C15H29NO. The molecule has 0 radical (unpaired) electrons. The molecule has 17 heavy (non-hydrogen) atoms. The maximum Gasteiger partial charge on any atom is 0.0685 e. The van der Waals surface area contributed by atoms with E-state index in [4.69, 9.17) is 4.74 Å². The molecule has 2 fully saturated rings. The Labute approximate surface area is 107 Å². The minimum Gasteiger partial charge on any atom is -0.375 e. The van der Waals surface area contributed by atoms with E-state index in [0.717, 1.165) is 12.5 Å². The van der Waals surface area contributed by atoms with Gasteiger partial charge in [-0.25, -0.2) is 0 Å². The lowest BCUT2D eigenvalue weighted by atomic mass is 9.66. The predicted octanol–water partition coefficient (Wildman–Crippen LogP) is 3.36. The lowest BCUT2D eigenvalue weighted by molar-refractivity contribution is -0.151. The van der Waals surface area contributed by atoms with Crippen molar-refractivity contribution in [2.45, 2.75) is 70.9 Å². The summed E-state index contributed by atoms with van der Waals surface area (Å²) in [6.07, 6.45) is 7.72. The van der Waals surface area contributed by atoms with Gasteiger partial charge in [0, 0.05) is 12.6 Å². The van der Waals surface area contributed by atoms with Crippen molar-refractivity contribution in [3.63, 3.8) is 0 Å². The van der Waals surface area contributed by atoms with Crippen LogP contribution in [0.3, 0.4) is 0 Å². The van der Waals surface area contributed by atoms with Crippen LogP contribution < -0.4 is 5.32 Å². The van der Waals surface area contributed by atoms with E-state index in [0.29, 0.717) is 11.5 Å². The predicted molar refractivity (Wildman–Crippen MR) is 72.2 cm³/mol. The van der Waals surface area contributed by atoms with Crippen molar-refractivity contribution in [3.05, 3.63) is 0 Å². The van der Waals surface area contributed by atoms with Gasteiger partial charge >= 0.3 is 0 Å². The Morgan fingerprint density at radius 3 is 2.59 bits per heavy atom. The van der Waals surface area contributed by atoms with E-state index in [1.54, 1.807) is 0 Å². The summed E-state index contributed by atoms with van der Waals surface area (Å²) in [5.41, 5.74) is 0.670. The van der Waals surface area contributed by atoms with E-state index in [1.165, 1.54) is 38.5 Å². The number of hydrogen-bond donors (Lipinski definition) is 1. The van der Waals surface area contributed by atoms with Gasteiger partial charge in [-0.2, -0.15) is 0 Å². The summed E-state index contributed by atoms with van der Waals surface area (Å²) in [5.74, 6) is 0.795. The quantitative estimate of drug-likeness (QED) is 0.812. The molecule has 100 valence electrons. The first-order chi connectivity index (χ1) is 8.03. The number of ether oxygens (including phenoxy) is 1. The van der Waals surface area contributed by atoms with E-state index in [-0.39, 0.29) is 5.60 Å². The average molecular weight is 239 g/mol. The molecule has 2 atom stereocenters. The third kappa shape index (κ3) is 2.53. The maximum absolute atomic E-state index is 6.04. The van der Waals surface area contributed by atoms with Gasteiger partial charge < -0.3 is 10.1 Å². The summed E-state index contributed by atoms with van der Waals surface area (Å²) in [6, 6.07) is 0.633. The maximum atomic E-state index is 6.04. The molecule has 1 N–H and O–H groups in total. The Morgan fingerprint density at radius 1 is 1.41 bits per heavy atom. The molecule has 1 aliphatic heterocycles. The van der Waals surface area contributed by atoms with Crippen molar-refractivity contribution < 1.29 is 4.74 Å². The van der Waals surface area contributed by atoms with Crippen LogP contribution in [-0.2, 0) is 4.74 Å². The number of hydrogen-bond acceptors (Lipinski definition) is 2. The van der Waals surface area contributed by atoms with Gasteiger partial charge in [-0.1, -0.05) is 20.8 Å². The summed E-state index contributed by atoms with van der Waals surface area (Å²) in [7, 11) is 2.13. The molecule has 0 bridgehead atoms. The van der Waals surface area contributed by atoms with Crippen molar-refractivity contribution in [2.75, 3.05) is 13.7 Å². The second-order valence-corrected chi connectivity index (χ2v) is 6.75. The molecule has 2 heteroatoms. The van der Waals surface area contributed by atoms with Gasteiger partial charge in [0.05, 0.1) is 5.60 Å². The van der Waals surface area contributed by atoms with E-state index in [1.807, 2.05) is 0 Å². The van der Waals surface area contributed by atoms with Crippen LogP contribution in [0.25, 0.3) is 0 Å². The second kappa shape index (κ2) is 4.89. The van der Waals surface area contributed by atoms with Gasteiger partial charge in [-0.15, -0.1) is 0 Å². The topological polar surface area (TPSA) is 21.3 Å². The van der Waals surface area contributed by atoms with Gasteiger partial charge in [0.15, 0.2) is 0 Å². The highest BCUT2D eigenvalue weighted by molar-refractivity contribution is 4.99. The zero-order chi connectivity index (χ0) is 12.5. The Balaban J connectivity index is 2.04. The Kier molecular flexibility index (Phi) is 3.84. The van der Waals surface area contributed by atoms with Crippen molar-refractivity contribution in [1.29, 1.82) is 0 Å². The average Bonchev–Trinajstić information content (AvgIpc) is 2.28. The molecule has 1 heterocycles. The van der Waals surface area contributed by atoms with Crippen molar-refractivity contribution in [3.8, 4) is 0 Å². The molecule has 0 amide bonds. The van der Waals surface area contributed by atoms with Crippen LogP contribution in [0.4, 0.5) is 0 Å². The molecule has 0 aromatic heterocycles. The lowest BCUT2D eigenvalue weighted by Crippen LogP contribution is -2.53. The van der Waals surface area contributed by atoms with Gasteiger partial charge in [0.25, 0.3) is 0 Å². The van der Waals surface area contributed by atoms with E-state index < -0.39 is 0 Å². The van der Waals surface area contributed by atoms with Crippen LogP contribution in [-0.4, -0.2) is 25.3 Å². The van der Waals surface area contributed by atoms with Crippen LogP contribution in [0.15, 0.2) is 0 Å². The first kappa shape index (κ1) is 13.4. The largest absolute Gasteiger partial charge is 0.375 e. The minimum atomic E-state index is 0.280. The standard InChI is InChI=1S/C15H29NO/c1-5-14(2,3)13(16-4)12-7-10-17-15(11-12)8-6-9-15/h12-13,16H,5-11H2,1-4H3. The normalized spacial score (nSPS) is 30.0. The first-order valence-electron chi connectivity index (χ1n) is 7.34. The third-order valence-electron chi connectivity index (χ3n) is 5.33. The van der Waals surface area contributed by atoms with Gasteiger partial charge in [0.1, 0.15) is 0 Å². The fraction of sp³-hybridized carbons (Fsp3) is 1.00. The molecular weight excluding hydrogens is 210 g/mol. The fourth-order valence-corrected chi connectivity index (χ4v) is 3.75. The van der Waals surface area contributed by atoms with E-state index >= 15 is 0 Å². The summed E-state index contributed by atoms with van der Waals surface area (Å²) < 4.78 is 6.04.